The number of hydrogen-bond donors (Lipinski definition) is 3. The molecule has 0 bridgehead atoms. The molecule has 1 aromatic rings. The van der Waals surface area contributed by atoms with Gasteiger partial charge in [-0.2, -0.15) is 11.8 Å². The fraction of sp³-hybridized carbons (Fsp3) is 0.714. The molecule has 118 valence electrons. The summed E-state index contributed by atoms with van der Waals surface area (Å²) in [4.78, 5) is 17.1. The first-order valence-electron chi connectivity index (χ1n) is 7.36. The van der Waals surface area contributed by atoms with Crippen molar-refractivity contribution in [3.63, 3.8) is 0 Å². The van der Waals surface area contributed by atoms with E-state index in [0.29, 0.717) is 21.1 Å². The number of nitrogens with two attached hydrogens (primary N) is 1. The molecule has 0 aromatic carbocycles. The molecule has 2 rings (SSSR count). The van der Waals surface area contributed by atoms with Gasteiger partial charge in [0.25, 0.3) is 5.91 Å². The third-order valence-electron chi connectivity index (χ3n) is 3.57. The van der Waals surface area contributed by atoms with Gasteiger partial charge in [-0.05, 0) is 39.4 Å². The van der Waals surface area contributed by atoms with Crippen LogP contribution in [0.25, 0.3) is 0 Å². The van der Waals surface area contributed by atoms with Crippen LogP contribution in [-0.2, 0) is 0 Å². The summed E-state index contributed by atoms with van der Waals surface area (Å²) >= 11 is 3.22. The lowest BCUT2D eigenvalue weighted by molar-refractivity contribution is 0.0933. The Kier molecular flexibility index (Phi) is 5.75. The number of aromatic nitrogens is 1. The summed E-state index contributed by atoms with van der Waals surface area (Å²) in [6.45, 7) is 4.06. The van der Waals surface area contributed by atoms with Gasteiger partial charge in [-0.15, -0.1) is 0 Å². The molecule has 1 aromatic heterocycles. The molecule has 0 spiro atoms. The minimum atomic E-state index is -0.0893. The van der Waals surface area contributed by atoms with Crippen LogP contribution in [-0.4, -0.2) is 34.5 Å². The van der Waals surface area contributed by atoms with Gasteiger partial charge in [-0.1, -0.05) is 17.8 Å². The molecule has 1 amide bonds. The molecule has 4 N–H and O–H groups in total. The number of amides is 1. The summed E-state index contributed by atoms with van der Waals surface area (Å²) in [5.74, 6) is 0.228. The number of thioether (sulfide) groups is 1. The molecule has 0 aliphatic heterocycles. The van der Waals surface area contributed by atoms with Crippen molar-refractivity contribution in [2.24, 2.45) is 0 Å². The number of nitrogens with zero attached hydrogens (tertiary/aromatic N) is 1. The lowest BCUT2D eigenvalue weighted by Gasteiger charge is -2.28. The van der Waals surface area contributed by atoms with E-state index in [9.17, 15) is 4.79 Å². The van der Waals surface area contributed by atoms with E-state index in [1.807, 2.05) is 25.6 Å². The monoisotopic (exact) mass is 328 g/mol. The van der Waals surface area contributed by atoms with E-state index in [4.69, 9.17) is 5.73 Å². The standard InChI is InChI=1S/C14H24N4OS2/c1-8(2)16-14-18-12(15)11(21-14)13(19)17-9-5-4-6-10(7-9)20-3/h8-10H,4-7,15H2,1-3H3,(H,16,18)(H,17,19). The van der Waals surface area contributed by atoms with Gasteiger partial charge in [0, 0.05) is 17.3 Å². The highest BCUT2D eigenvalue weighted by Gasteiger charge is 2.25. The highest BCUT2D eigenvalue weighted by Crippen LogP contribution is 2.29. The Morgan fingerprint density at radius 1 is 1.48 bits per heavy atom. The van der Waals surface area contributed by atoms with E-state index in [1.54, 1.807) is 0 Å². The molecule has 2 unspecified atom stereocenters. The van der Waals surface area contributed by atoms with Gasteiger partial charge in [-0.3, -0.25) is 4.79 Å². The second-order valence-corrected chi connectivity index (χ2v) is 7.86. The molecule has 21 heavy (non-hydrogen) atoms. The number of nitrogen functional groups attached to an aromatic ring is 1. The highest BCUT2D eigenvalue weighted by atomic mass is 32.2. The maximum atomic E-state index is 12.4. The van der Waals surface area contributed by atoms with Gasteiger partial charge in [0.2, 0.25) is 0 Å². The average molecular weight is 329 g/mol. The molecule has 0 saturated heterocycles. The van der Waals surface area contributed by atoms with Crippen LogP contribution >= 0.6 is 23.1 Å². The van der Waals surface area contributed by atoms with Crippen LogP contribution in [0.4, 0.5) is 10.9 Å². The minimum Gasteiger partial charge on any atom is -0.382 e. The highest BCUT2D eigenvalue weighted by molar-refractivity contribution is 7.99. The second kappa shape index (κ2) is 7.35. The van der Waals surface area contributed by atoms with Crippen LogP contribution in [0.2, 0.25) is 0 Å². The Morgan fingerprint density at radius 2 is 2.24 bits per heavy atom. The lowest BCUT2D eigenvalue weighted by Crippen LogP contribution is -2.39. The van der Waals surface area contributed by atoms with Gasteiger partial charge >= 0.3 is 0 Å². The largest absolute Gasteiger partial charge is 0.382 e. The molecule has 2 atom stereocenters. The van der Waals surface area contributed by atoms with Crippen LogP contribution in [0.3, 0.4) is 0 Å². The van der Waals surface area contributed by atoms with Crippen molar-refractivity contribution in [1.82, 2.24) is 10.3 Å². The molecule has 7 heteroatoms. The SMILES string of the molecule is CSC1CCCC(NC(=O)c2sc(NC(C)C)nc2N)C1. The van der Waals surface area contributed by atoms with Crippen molar-refractivity contribution in [3.8, 4) is 0 Å². The van der Waals surface area contributed by atoms with E-state index in [0.717, 1.165) is 12.8 Å². The molecule has 5 nitrogen and oxygen atoms in total. The first kappa shape index (κ1) is 16.4. The van der Waals surface area contributed by atoms with Crippen molar-refractivity contribution < 1.29 is 4.79 Å². The summed E-state index contributed by atoms with van der Waals surface area (Å²) in [5.41, 5.74) is 5.87. The molecule has 0 radical (unpaired) electrons. The summed E-state index contributed by atoms with van der Waals surface area (Å²) in [7, 11) is 0. The Hall–Kier alpha value is -0.950. The van der Waals surface area contributed by atoms with E-state index in [-0.39, 0.29) is 18.0 Å². The maximum Gasteiger partial charge on any atom is 0.265 e. The lowest BCUT2D eigenvalue weighted by atomic mass is 9.95. The first-order chi connectivity index (χ1) is 9.99. The predicted octanol–water partition coefficient (Wildman–Crippen LogP) is 2.95. The van der Waals surface area contributed by atoms with Crippen molar-refractivity contribution >= 4 is 40.0 Å². The van der Waals surface area contributed by atoms with Crippen molar-refractivity contribution in [2.45, 2.75) is 56.9 Å². The molecular weight excluding hydrogens is 304 g/mol. The predicted molar refractivity (Wildman–Crippen MR) is 92.3 cm³/mol. The Labute approximate surface area is 134 Å². The van der Waals surface area contributed by atoms with Crippen LogP contribution < -0.4 is 16.4 Å². The minimum absolute atomic E-state index is 0.0893. The van der Waals surface area contributed by atoms with E-state index in [1.165, 1.54) is 24.2 Å². The van der Waals surface area contributed by atoms with E-state index >= 15 is 0 Å². The Balaban J connectivity index is 1.98. The summed E-state index contributed by atoms with van der Waals surface area (Å²) in [6, 6.07) is 0.527. The summed E-state index contributed by atoms with van der Waals surface area (Å²) < 4.78 is 0. The van der Waals surface area contributed by atoms with E-state index in [2.05, 4.69) is 21.9 Å². The molecule has 1 fully saturated rings. The first-order valence-corrected chi connectivity index (χ1v) is 9.46. The van der Waals surface area contributed by atoms with Crippen LogP contribution in [0, 0.1) is 0 Å². The number of nitrogens with one attached hydrogen (secondary N) is 2. The van der Waals surface area contributed by atoms with Gasteiger partial charge in [0.15, 0.2) is 5.13 Å². The Morgan fingerprint density at radius 3 is 2.90 bits per heavy atom. The quantitative estimate of drug-likeness (QED) is 0.774. The number of hydrogen-bond acceptors (Lipinski definition) is 6. The van der Waals surface area contributed by atoms with Crippen molar-refractivity contribution in [2.75, 3.05) is 17.3 Å². The number of rotatable bonds is 5. The second-order valence-electron chi connectivity index (χ2n) is 5.73. The molecule has 1 saturated carbocycles. The van der Waals surface area contributed by atoms with Crippen LogP contribution in [0.1, 0.15) is 49.2 Å². The maximum absolute atomic E-state index is 12.4. The smallest absolute Gasteiger partial charge is 0.265 e. The fourth-order valence-electron chi connectivity index (χ4n) is 2.54. The Bertz CT molecular complexity index is 489. The zero-order valence-corrected chi connectivity index (χ0v) is 14.4. The van der Waals surface area contributed by atoms with Crippen LogP contribution in [0.5, 0.6) is 0 Å². The summed E-state index contributed by atoms with van der Waals surface area (Å²) in [6.07, 6.45) is 6.66. The summed E-state index contributed by atoms with van der Waals surface area (Å²) in [5, 5.41) is 7.66. The average Bonchev–Trinajstić information content (AvgIpc) is 2.79. The van der Waals surface area contributed by atoms with Gasteiger partial charge in [-0.25, -0.2) is 4.98 Å². The van der Waals surface area contributed by atoms with Gasteiger partial charge < -0.3 is 16.4 Å². The van der Waals surface area contributed by atoms with E-state index < -0.39 is 0 Å². The van der Waals surface area contributed by atoms with Gasteiger partial charge in [0.1, 0.15) is 10.7 Å². The number of carbonyl (C=O) groups excluding carboxylic acids is 1. The van der Waals surface area contributed by atoms with Gasteiger partial charge in [0.05, 0.1) is 0 Å². The van der Waals surface area contributed by atoms with Crippen molar-refractivity contribution in [3.05, 3.63) is 4.88 Å². The van der Waals surface area contributed by atoms with Crippen LogP contribution in [0.15, 0.2) is 0 Å². The molecule has 1 aliphatic carbocycles. The third-order valence-corrected chi connectivity index (χ3v) is 5.66. The van der Waals surface area contributed by atoms with Crippen molar-refractivity contribution in [1.29, 1.82) is 0 Å². The molecule has 1 heterocycles. The molecular formula is C14H24N4OS2. The zero-order valence-electron chi connectivity index (χ0n) is 12.8. The third kappa shape index (κ3) is 4.51. The normalized spacial score (nSPS) is 22.3. The topological polar surface area (TPSA) is 80.0 Å². The number of carbonyl (C=O) groups is 1. The number of thiazole rings is 1. The fourth-order valence-corrected chi connectivity index (χ4v) is 4.31. The zero-order chi connectivity index (χ0) is 15.4. The molecule has 1 aliphatic rings. The number of anilines is 2.